The number of nitrogens with zero attached hydrogens (tertiary/aromatic N) is 1. The Morgan fingerprint density at radius 1 is 1.42 bits per heavy atom. The van der Waals surface area contributed by atoms with E-state index in [-0.39, 0.29) is 0 Å². The van der Waals surface area contributed by atoms with E-state index in [0.29, 0.717) is 18.0 Å². The minimum Gasteiger partial charge on any atom is -0.330 e. The highest BCUT2D eigenvalue weighted by molar-refractivity contribution is 5.89. The zero-order valence-electron chi connectivity index (χ0n) is 12.2. The van der Waals surface area contributed by atoms with Crippen LogP contribution in [0.5, 0.6) is 0 Å². The van der Waals surface area contributed by atoms with E-state index in [2.05, 4.69) is 13.8 Å². The van der Waals surface area contributed by atoms with Crippen LogP contribution in [0, 0.1) is 12.8 Å². The molecular weight excluding hydrogens is 239 g/mol. The van der Waals surface area contributed by atoms with E-state index >= 15 is 0 Å². The lowest BCUT2D eigenvalue weighted by molar-refractivity contribution is 0.485. The normalized spacial score (nSPS) is 13.6. The number of alkyl halides is 1. The summed E-state index contributed by atoms with van der Waals surface area (Å²) in [7, 11) is 0. The topological polar surface area (TPSA) is 38.4 Å². The van der Waals surface area contributed by atoms with E-state index in [0.717, 1.165) is 30.5 Å². The van der Waals surface area contributed by atoms with Gasteiger partial charge in [-0.2, -0.15) is 0 Å². The first-order valence-corrected chi connectivity index (χ1v) is 7.05. The van der Waals surface area contributed by atoms with Crippen molar-refractivity contribution in [3.8, 4) is 0 Å². The maximum Gasteiger partial charge on any atom is 0.115 e. The summed E-state index contributed by atoms with van der Waals surface area (Å²) in [5.74, 6) is 0.465. The SMILES string of the molecule is CCC(C)/C(CCCN)=N\c1ccc(CF)cc1C. The molecule has 0 saturated carbocycles. The second-order valence-electron chi connectivity index (χ2n) is 5.06. The average molecular weight is 264 g/mol. The number of benzene rings is 1. The highest BCUT2D eigenvalue weighted by Crippen LogP contribution is 2.23. The summed E-state index contributed by atoms with van der Waals surface area (Å²) in [5, 5.41) is 0. The molecule has 0 radical (unpaired) electrons. The van der Waals surface area contributed by atoms with Gasteiger partial charge in [-0.1, -0.05) is 26.0 Å². The lowest BCUT2D eigenvalue weighted by atomic mass is 9.98. The smallest absolute Gasteiger partial charge is 0.115 e. The Balaban J connectivity index is 2.99. The van der Waals surface area contributed by atoms with Gasteiger partial charge in [0.15, 0.2) is 0 Å². The molecule has 106 valence electrons. The highest BCUT2D eigenvalue weighted by Gasteiger charge is 2.09. The van der Waals surface area contributed by atoms with E-state index < -0.39 is 6.67 Å². The molecule has 0 bridgehead atoms. The fourth-order valence-electron chi connectivity index (χ4n) is 2.01. The van der Waals surface area contributed by atoms with Gasteiger partial charge in [0.1, 0.15) is 6.67 Å². The molecule has 0 heterocycles. The van der Waals surface area contributed by atoms with Gasteiger partial charge >= 0.3 is 0 Å². The Morgan fingerprint density at radius 2 is 2.16 bits per heavy atom. The Bertz CT molecular complexity index is 427. The zero-order valence-corrected chi connectivity index (χ0v) is 12.2. The molecule has 2 N–H and O–H groups in total. The standard InChI is InChI=1S/C16H25FN2/c1-4-12(2)15(6-5-9-18)19-16-8-7-14(11-17)10-13(16)3/h7-8,10,12H,4-6,9,11,18H2,1-3H3/b19-15-. The van der Waals surface area contributed by atoms with Crippen LogP contribution < -0.4 is 5.73 Å². The summed E-state index contributed by atoms with van der Waals surface area (Å²) in [5.41, 5.74) is 9.47. The van der Waals surface area contributed by atoms with Gasteiger partial charge < -0.3 is 5.73 Å². The van der Waals surface area contributed by atoms with E-state index in [1.54, 1.807) is 0 Å². The van der Waals surface area contributed by atoms with Gasteiger partial charge in [-0.3, -0.25) is 4.99 Å². The largest absolute Gasteiger partial charge is 0.330 e. The molecule has 3 heteroatoms. The van der Waals surface area contributed by atoms with Crippen molar-refractivity contribution >= 4 is 11.4 Å². The summed E-state index contributed by atoms with van der Waals surface area (Å²) < 4.78 is 12.6. The van der Waals surface area contributed by atoms with Crippen LogP contribution in [0.3, 0.4) is 0 Å². The number of rotatable bonds is 7. The van der Waals surface area contributed by atoms with Gasteiger partial charge in [-0.25, -0.2) is 4.39 Å². The van der Waals surface area contributed by atoms with Gasteiger partial charge in [0.25, 0.3) is 0 Å². The van der Waals surface area contributed by atoms with Crippen LogP contribution in [0.25, 0.3) is 0 Å². The number of hydrogen-bond donors (Lipinski definition) is 1. The van der Waals surface area contributed by atoms with E-state index in [9.17, 15) is 4.39 Å². The fourth-order valence-corrected chi connectivity index (χ4v) is 2.01. The second kappa shape index (κ2) is 8.05. The zero-order chi connectivity index (χ0) is 14.3. The van der Waals surface area contributed by atoms with Crippen LogP contribution in [-0.2, 0) is 6.67 Å². The quantitative estimate of drug-likeness (QED) is 0.732. The van der Waals surface area contributed by atoms with Crippen molar-refractivity contribution in [1.82, 2.24) is 0 Å². The lowest BCUT2D eigenvalue weighted by Gasteiger charge is -2.14. The van der Waals surface area contributed by atoms with Crippen LogP contribution in [0.1, 0.15) is 44.2 Å². The van der Waals surface area contributed by atoms with E-state index in [1.807, 2.05) is 25.1 Å². The molecule has 1 aromatic carbocycles. The van der Waals surface area contributed by atoms with Crippen LogP contribution in [0.15, 0.2) is 23.2 Å². The lowest BCUT2D eigenvalue weighted by Crippen LogP contribution is -2.12. The third-order valence-electron chi connectivity index (χ3n) is 3.50. The van der Waals surface area contributed by atoms with Gasteiger partial charge in [0.2, 0.25) is 0 Å². The molecule has 1 atom stereocenters. The van der Waals surface area contributed by atoms with Gasteiger partial charge in [0, 0.05) is 5.71 Å². The molecule has 1 unspecified atom stereocenters. The number of hydrogen-bond acceptors (Lipinski definition) is 2. The molecule has 1 aromatic rings. The number of aliphatic imine (C=N–C) groups is 1. The second-order valence-corrected chi connectivity index (χ2v) is 5.06. The maximum absolute atomic E-state index is 12.6. The third-order valence-corrected chi connectivity index (χ3v) is 3.50. The first-order chi connectivity index (χ1) is 9.12. The maximum atomic E-state index is 12.6. The minimum absolute atomic E-state index is 0.420. The molecular formula is C16H25FN2. The summed E-state index contributed by atoms with van der Waals surface area (Å²) in [6.45, 7) is 6.61. The molecule has 0 spiro atoms. The van der Waals surface area contributed by atoms with Gasteiger partial charge in [-0.05, 0) is 55.8 Å². The predicted molar refractivity (Wildman–Crippen MR) is 80.8 cm³/mol. The molecule has 0 aromatic heterocycles. The monoisotopic (exact) mass is 264 g/mol. The van der Waals surface area contributed by atoms with Crippen molar-refractivity contribution in [3.05, 3.63) is 29.3 Å². The number of halogens is 1. The van der Waals surface area contributed by atoms with Crippen molar-refractivity contribution in [2.45, 2.75) is 46.7 Å². The fraction of sp³-hybridized carbons (Fsp3) is 0.562. The van der Waals surface area contributed by atoms with Gasteiger partial charge in [0.05, 0.1) is 5.69 Å². The molecule has 0 aliphatic carbocycles. The molecule has 2 nitrogen and oxygen atoms in total. The van der Waals surface area contributed by atoms with Crippen molar-refractivity contribution in [2.75, 3.05) is 6.54 Å². The molecule has 19 heavy (non-hydrogen) atoms. The van der Waals surface area contributed by atoms with Crippen LogP contribution in [-0.4, -0.2) is 12.3 Å². The van der Waals surface area contributed by atoms with Crippen molar-refractivity contribution in [1.29, 1.82) is 0 Å². The van der Waals surface area contributed by atoms with Crippen molar-refractivity contribution in [3.63, 3.8) is 0 Å². The molecule has 1 rings (SSSR count). The Hall–Kier alpha value is -1.22. The van der Waals surface area contributed by atoms with Crippen molar-refractivity contribution in [2.24, 2.45) is 16.6 Å². The molecule has 0 fully saturated rings. The molecule has 0 aliphatic heterocycles. The van der Waals surface area contributed by atoms with E-state index in [1.165, 1.54) is 5.71 Å². The average Bonchev–Trinajstić information content (AvgIpc) is 2.43. The minimum atomic E-state index is -0.420. The molecule has 0 saturated heterocycles. The Kier molecular flexibility index (Phi) is 6.71. The first kappa shape index (κ1) is 15.8. The van der Waals surface area contributed by atoms with Crippen LogP contribution in [0.2, 0.25) is 0 Å². The van der Waals surface area contributed by atoms with Gasteiger partial charge in [-0.15, -0.1) is 0 Å². The van der Waals surface area contributed by atoms with Crippen LogP contribution >= 0.6 is 0 Å². The van der Waals surface area contributed by atoms with E-state index in [4.69, 9.17) is 10.7 Å². The summed E-state index contributed by atoms with van der Waals surface area (Å²) in [4.78, 5) is 4.78. The Morgan fingerprint density at radius 3 is 2.68 bits per heavy atom. The highest BCUT2D eigenvalue weighted by atomic mass is 19.1. The third kappa shape index (κ3) is 4.75. The molecule has 0 amide bonds. The Labute approximate surface area is 115 Å². The predicted octanol–water partition coefficient (Wildman–Crippen LogP) is 4.32. The summed E-state index contributed by atoms with van der Waals surface area (Å²) in [6.07, 6.45) is 2.98. The number of aryl methyl sites for hydroxylation is 1. The number of nitrogens with two attached hydrogens (primary N) is 1. The van der Waals surface area contributed by atoms with Crippen LogP contribution in [0.4, 0.5) is 10.1 Å². The summed E-state index contributed by atoms with van der Waals surface area (Å²) >= 11 is 0. The first-order valence-electron chi connectivity index (χ1n) is 7.05. The summed E-state index contributed by atoms with van der Waals surface area (Å²) in [6, 6.07) is 5.59. The van der Waals surface area contributed by atoms with Crippen molar-refractivity contribution < 1.29 is 4.39 Å². The molecule has 0 aliphatic rings.